The minimum absolute atomic E-state index is 0.0861. The van der Waals surface area contributed by atoms with Crippen LogP contribution >= 0.6 is 0 Å². The molecule has 1 amide bonds. The van der Waals surface area contributed by atoms with Crippen molar-refractivity contribution in [2.75, 3.05) is 40.4 Å². The molecule has 2 aromatic rings. The first-order valence-electron chi connectivity index (χ1n) is 12.2. The predicted octanol–water partition coefficient (Wildman–Crippen LogP) is 4.56. The molecule has 1 aliphatic rings. The Hall–Kier alpha value is -3.32. The van der Waals surface area contributed by atoms with E-state index >= 15 is 0 Å². The van der Waals surface area contributed by atoms with Crippen LogP contribution in [0.2, 0.25) is 0 Å². The molecule has 1 heterocycles. The predicted molar refractivity (Wildman–Crippen MR) is 137 cm³/mol. The van der Waals surface area contributed by atoms with Gasteiger partial charge in [0.25, 0.3) is 11.7 Å². The molecule has 1 aliphatic heterocycles. The molecule has 35 heavy (non-hydrogen) atoms. The molecule has 1 N–H and O–H groups in total. The molecule has 7 nitrogen and oxygen atoms in total. The van der Waals surface area contributed by atoms with Crippen LogP contribution in [-0.4, -0.2) is 67.0 Å². The number of hydrogen-bond donors (Lipinski definition) is 1. The second kappa shape index (κ2) is 11.9. The standard InChI is InChI=1S/C28H36N2O5/c1-6-15-34-22-10-8-9-20(18-22)25-24(27(32)28(33)30(25)14-13-29(4)5)26(31)21-11-12-23(19(3)17-21)35-16-7-2/h8-12,17-18,25,31H,6-7,13-16H2,1-5H3/b26-24+. The van der Waals surface area contributed by atoms with Crippen molar-refractivity contribution in [2.24, 2.45) is 0 Å². The van der Waals surface area contributed by atoms with Crippen LogP contribution in [0.3, 0.4) is 0 Å². The lowest BCUT2D eigenvalue weighted by Crippen LogP contribution is -2.35. The summed E-state index contributed by atoms with van der Waals surface area (Å²) in [6.07, 6.45) is 1.75. The Labute approximate surface area is 207 Å². The average molecular weight is 481 g/mol. The van der Waals surface area contributed by atoms with Crippen LogP contribution < -0.4 is 9.47 Å². The third-order valence-electron chi connectivity index (χ3n) is 5.88. The second-order valence-corrected chi connectivity index (χ2v) is 9.05. The van der Waals surface area contributed by atoms with E-state index in [9.17, 15) is 14.7 Å². The summed E-state index contributed by atoms with van der Waals surface area (Å²) in [6, 6.07) is 12.0. The summed E-state index contributed by atoms with van der Waals surface area (Å²) < 4.78 is 11.5. The lowest BCUT2D eigenvalue weighted by Gasteiger charge is -2.27. The molecule has 0 aromatic heterocycles. The lowest BCUT2D eigenvalue weighted by atomic mass is 9.94. The molecule has 1 fully saturated rings. The highest BCUT2D eigenvalue weighted by Gasteiger charge is 2.46. The lowest BCUT2D eigenvalue weighted by molar-refractivity contribution is -0.140. The van der Waals surface area contributed by atoms with E-state index in [1.165, 1.54) is 0 Å². The molecule has 2 aromatic carbocycles. The molecule has 0 aliphatic carbocycles. The van der Waals surface area contributed by atoms with Crippen molar-refractivity contribution in [3.63, 3.8) is 0 Å². The van der Waals surface area contributed by atoms with Crippen molar-refractivity contribution in [1.82, 2.24) is 9.80 Å². The van der Waals surface area contributed by atoms with Gasteiger partial charge in [0.05, 0.1) is 24.8 Å². The van der Waals surface area contributed by atoms with Crippen molar-refractivity contribution >= 4 is 17.4 Å². The van der Waals surface area contributed by atoms with E-state index < -0.39 is 17.7 Å². The largest absolute Gasteiger partial charge is 0.507 e. The Morgan fingerprint density at radius 1 is 1.03 bits per heavy atom. The van der Waals surface area contributed by atoms with Gasteiger partial charge in [0.1, 0.15) is 17.3 Å². The van der Waals surface area contributed by atoms with Crippen molar-refractivity contribution in [1.29, 1.82) is 0 Å². The van der Waals surface area contributed by atoms with Gasteiger partial charge in [0, 0.05) is 18.7 Å². The number of hydrogen-bond acceptors (Lipinski definition) is 6. The smallest absolute Gasteiger partial charge is 0.295 e. The summed E-state index contributed by atoms with van der Waals surface area (Å²) in [6.45, 7) is 8.05. The van der Waals surface area contributed by atoms with Crippen molar-refractivity contribution < 1.29 is 24.2 Å². The number of aryl methyl sites for hydroxylation is 1. The van der Waals surface area contributed by atoms with Crippen LogP contribution in [0.4, 0.5) is 0 Å². The highest BCUT2D eigenvalue weighted by molar-refractivity contribution is 6.46. The monoisotopic (exact) mass is 480 g/mol. The van der Waals surface area contributed by atoms with E-state index in [0.717, 1.165) is 29.7 Å². The number of benzene rings is 2. The van der Waals surface area contributed by atoms with Crippen molar-refractivity contribution in [2.45, 2.75) is 39.7 Å². The van der Waals surface area contributed by atoms with Crippen LogP contribution in [0.5, 0.6) is 11.5 Å². The summed E-state index contributed by atoms with van der Waals surface area (Å²) >= 11 is 0. The van der Waals surface area contributed by atoms with E-state index in [2.05, 4.69) is 0 Å². The molecular formula is C28H36N2O5. The molecule has 0 saturated carbocycles. The Balaban J connectivity index is 2.09. The average Bonchev–Trinajstić information content (AvgIpc) is 3.10. The molecule has 7 heteroatoms. The zero-order chi connectivity index (χ0) is 25.5. The number of nitrogens with zero attached hydrogens (tertiary/aromatic N) is 2. The molecule has 3 rings (SSSR count). The van der Waals surface area contributed by atoms with Gasteiger partial charge in [-0.05, 0) is 75.3 Å². The first-order chi connectivity index (χ1) is 16.8. The SMILES string of the molecule is CCCOc1cccc(C2/C(=C(\O)c3ccc(OCCC)c(C)c3)C(=O)C(=O)N2CCN(C)C)c1. The Morgan fingerprint density at radius 3 is 2.40 bits per heavy atom. The third-order valence-corrected chi connectivity index (χ3v) is 5.88. The first kappa shape index (κ1) is 26.3. The van der Waals surface area contributed by atoms with E-state index in [1.807, 2.05) is 64.0 Å². The fourth-order valence-corrected chi connectivity index (χ4v) is 4.09. The maximum atomic E-state index is 13.2. The summed E-state index contributed by atoms with van der Waals surface area (Å²) in [5.41, 5.74) is 2.12. The Bertz CT molecular complexity index is 1090. The number of carbonyl (C=O) groups is 2. The maximum absolute atomic E-state index is 13.2. The summed E-state index contributed by atoms with van der Waals surface area (Å²) in [7, 11) is 3.82. The number of amides is 1. The van der Waals surface area contributed by atoms with Gasteiger partial charge in [0.15, 0.2) is 0 Å². The number of Topliss-reactive ketones (excluding diaryl/α,β-unsaturated/α-hetero) is 1. The number of carbonyl (C=O) groups excluding carboxylic acids is 2. The zero-order valence-corrected chi connectivity index (χ0v) is 21.3. The van der Waals surface area contributed by atoms with Crippen LogP contribution in [0.15, 0.2) is 48.0 Å². The summed E-state index contributed by atoms with van der Waals surface area (Å²) in [4.78, 5) is 29.8. The second-order valence-electron chi connectivity index (χ2n) is 9.05. The van der Waals surface area contributed by atoms with Crippen LogP contribution in [0.1, 0.15) is 49.4 Å². The number of likely N-dealkylation sites (N-methyl/N-ethyl adjacent to an activating group) is 1. The zero-order valence-electron chi connectivity index (χ0n) is 21.3. The molecule has 1 saturated heterocycles. The normalized spacial score (nSPS) is 17.3. The van der Waals surface area contributed by atoms with E-state index in [4.69, 9.17) is 9.47 Å². The number of aliphatic hydroxyl groups is 1. The minimum atomic E-state index is -0.712. The fraction of sp³-hybridized carbons (Fsp3) is 0.429. The highest BCUT2D eigenvalue weighted by atomic mass is 16.5. The third kappa shape index (κ3) is 6.03. The fourth-order valence-electron chi connectivity index (χ4n) is 4.09. The molecule has 1 unspecified atom stereocenters. The Morgan fingerprint density at radius 2 is 1.74 bits per heavy atom. The number of rotatable bonds is 11. The Kier molecular flexibility index (Phi) is 8.93. The molecular weight excluding hydrogens is 444 g/mol. The van der Waals surface area contributed by atoms with Gasteiger partial charge in [-0.1, -0.05) is 26.0 Å². The topological polar surface area (TPSA) is 79.3 Å². The number of ether oxygens (including phenoxy) is 2. The number of likely N-dealkylation sites (tertiary alicyclic amines) is 1. The van der Waals surface area contributed by atoms with E-state index in [1.54, 1.807) is 23.1 Å². The molecule has 0 bridgehead atoms. The van der Waals surface area contributed by atoms with Gasteiger partial charge in [-0.2, -0.15) is 0 Å². The molecule has 0 radical (unpaired) electrons. The van der Waals surface area contributed by atoms with Crippen LogP contribution in [0, 0.1) is 6.92 Å². The summed E-state index contributed by atoms with van der Waals surface area (Å²) in [5.74, 6) is -0.0956. The van der Waals surface area contributed by atoms with E-state index in [-0.39, 0.29) is 11.3 Å². The molecule has 188 valence electrons. The molecule has 1 atom stereocenters. The van der Waals surface area contributed by atoms with Gasteiger partial charge >= 0.3 is 0 Å². The van der Waals surface area contributed by atoms with Gasteiger partial charge < -0.3 is 24.4 Å². The van der Waals surface area contributed by atoms with Crippen LogP contribution in [-0.2, 0) is 9.59 Å². The maximum Gasteiger partial charge on any atom is 0.295 e. The number of aliphatic hydroxyl groups excluding tert-OH is 1. The van der Waals surface area contributed by atoms with Crippen molar-refractivity contribution in [3.05, 3.63) is 64.7 Å². The van der Waals surface area contributed by atoms with Crippen LogP contribution in [0.25, 0.3) is 5.76 Å². The first-order valence-corrected chi connectivity index (χ1v) is 12.2. The highest BCUT2D eigenvalue weighted by Crippen LogP contribution is 2.40. The molecule has 0 spiro atoms. The number of ketones is 1. The summed E-state index contributed by atoms with van der Waals surface area (Å²) in [5, 5.41) is 11.3. The van der Waals surface area contributed by atoms with E-state index in [0.29, 0.717) is 37.6 Å². The van der Waals surface area contributed by atoms with Crippen molar-refractivity contribution in [3.8, 4) is 11.5 Å². The van der Waals surface area contributed by atoms with Gasteiger partial charge in [0.2, 0.25) is 0 Å². The quantitative estimate of drug-likeness (QED) is 0.289. The van der Waals surface area contributed by atoms with Gasteiger partial charge in [-0.15, -0.1) is 0 Å². The van der Waals surface area contributed by atoms with Gasteiger partial charge in [-0.25, -0.2) is 0 Å². The van der Waals surface area contributed by atoms with Gasteiger partial charge in [-0.3, -0.25) is 9.59 Å². The minimum Gasteiger partial charge on any atom is -0.507 e.